The molecule has 0 saturated heterocycles. The van der Waals surface area contributed by atoms with Gasteiger partial charge in [0, 0.05) is 7.05 Å². The lowest BCUT2D eigenvalue weighted by Gasteiger charge is -2.28. The highest BCUT2D eigenvalue weighted by atomic mass is 16.5. The van der Waals surface area contributed by atoms with Gasteiger partial charge in [-0.25, -0.2) is 4.98 Å². The summed E-state index contributed by atoms with van der Waals surface area (Å²) in [6, 6.07) is 5.82. The number of aryl methyl sites for hydroxylation is 2. The standard InChI is InChI=1S/C19H23N5O3/c1-12-17(27-14-6-4-5-13(11-14)19(25)26-3)8-7-15(21-12)18-16(9-10-20)24(2)23-22-18/h7-8,13-14H,4-6,9,11H2,1-3H3/t13?,14-/m0/s1. The fourth-order valence-electron chi connectivity index (χ4n) is 3.47. The van der Waals surface area contributed by atoms with Crippen LogP contribution in [0.2, 0.25) is 0 Å². The largest absolute Gasteiger partial charge is 0.489 e. The second kappa shape index (κ2) is 8.16. The Balaban J connectivity index is 1.76. The van der Waals surface area contributed by atoms with E-state index in [0.717, 1.165) is 30.7 Å². The van der Waals surface area contributed by atoms with E-state index in [1.807, 2.05) is 19.1 Å². The smallest absolute Gasteiger partial charge is 0.308 e. The molecule has 0 radical (unpaired) electrons. The van der Waals surface area contributed by atoms with Gasteiger partial charge in [0.15, 0.2) is 0 Å². The van der Waals surface area contributed by atoms with E-state index in [0.29, 0.717) is 23.6 Å². The van der Waals surface area contributed by atoms with Crippen LogP contribution in [0.5, 0.6) is 5.75 Å². The van der Waals surface area contributed by atoms with E-state index in [4.69, 9.17) is 14.7 Å². The first-order chi connectivity index (χ1) is 13.0. The van der Waals surface area contributed by atoms with Gasteiger partial charge in [0.05, 0.1) is 48.7 Å². The van der Waals surface area contributed by atoms with E-state index < -0.39 is 0 Å². The highest BCUT2D eigenvalue weighted by molar-refractivity contribution is 5.72. The molecule has 2 aromatic heterocycles. The van der Waals surface area contributed by atoms with Crippen molar-refractivity contribution in [3.63, 3.8) is 0 Å². The van der Waals surface area contributed by atoms with Crippen molar-refractivity contribution in [1.29, 1.82) is 5.26 Å². The quantitative estimate of drug-likeness (QED) is 0.745. The normalized spacial score (nSPS) is 19.3. The molecule has 2 atom stereocenters. The predicted octanol–water partition coefficient (Wildman–Crippen LogP) is 2.36. The van der Waals surface area contributed by atoms with Gasteiger partial charge in [-0.05, 0) is 44.7 Å². The van der Waals surface area contributed by atoms with E-state index in [1.165, 1.54) is 7.11 Å². The van der Waals surface area contributed by atoms with Crippen molar-refractivity contribution in [2.24, 2.45) is 13.0 Å². The Morgan fingerprint density at radius 1 is 1.41 bits per heavy atom. The predicted molar refractivity (Wildman–Crippen MR) is 96.7 cm³/mol. The van der Waals surface area contributed by atoms with Crippen molar-refractivity contribution in [1.82, 2.24) is 20.0 Å². The first-order valence-electron chi connectivity index (χ1n) is 9.01. The van der Waals surface area contributed by atoms with Crippen LogP contribution in [-0.4, -0.2) is 39.2 Å². The molecule has 8 heteroatoms. The number of carbonyl (C=O) groups is 1. The third-order valence-electron chi connectivity index (χ3n) is 4.92. The Labute approximate surface area is 158 Å². The number of hydrogen-bond donors (Lipinski definition) is 0. The molecule has 1 aliphatic carbocycles. The zero-order valence-corrected chi connectivity index (χ0v) is 15.8. The molecule has 0 bridgehead atoms. The van der Waals surface area contributed by atoms with Crippen molar-refractivity contribution in [2.75, 3.05) is 7.11 Å². The van der Waals surface area contributed by atoms with Gasteiger partial charge < -0.3 is 9.47 Å². The van der Waals surface area contributed by atoms with E-state index in [9.17, 15) is 4.79 Å². The zero-order chi connectivity index (χ0) is 19.4. The number of nitriles is 1. The minimum absolute atomic E-state index is 0.0279. The van der Waals surface area contributed by atoms with Gasteiger partial charge in [-0.3, -0.25) is 9.48 Å². The number of esters is 1. The number of pyridine rings is 1. The molecule has 1 aliphatic rings. The monoisotopic (exact) mass is 369 g/mol. The van der Waals surface area contributed by atoms with Crippen LogP contribution in [0.3, 0.4) is 0 Å². The summed E-state index contributed by atoms with van der Waals surface area (Å²) in [6.45, 7) is 1.87. The van der Waals surface area contributed by atoms with E-state index in [-0.39, 0.29) is 24.4 Å². The third kappa shape index (κ3) is 4.08. The SMILES string of the molecule is COC(=O)C1CCC[C@H](Oc2ccc(-c3nnn(C)c3CC#N)nc2C)C1. The molecule has 8 nitrogen and oxygen atoms in total. The van der Waals surface area contributed by atoms with Crippen molar-refractivity contribution >= 4 is 5.97 Å². The van der Waals surface area contributed by atoms with Crippen molar-refractivity contribution in [3.8, 4) is 23.2 Å². The molecule has 1 unspecified atom stereocenters. The molecule has 2 heterocycles. The molecule has 1 fully saturated rings. The van der Waals surface area contributed by atoms with Crippen molar-refractivity contribution in [2.45, 2.75) is 45.1 Å². The van der Waals surface area contributed by atoms with Gasteiger partial charge in [0.25, 0.3) is 0 Å². The van der Waals surface area contributed by atoms with Gasteiger partial charge in [-0.1, -0.05) is 5.21 Å². The molecule has 0 spiro atoms. The third-order valence-corrected chi connectivity index (χ3v) is 4.92. The first kappa shape index (κ1) is 18.8. The highest BCUT2D eigenvalue weighted by Gasteiger charge is 2.29. The zero-order valence-electron chi connectivity index (χ0n) is 15.8. The molecule has 0 aromatic carbocycles. The van der Waals surface area contributed by atoms with Crippen LogP contribution in [0.15, 0.2) is 12.1 Å². The van der Waals surface area contributed by atoms with Crippen LogP contribution in [0.25, 0.3) is 11.4 Å². The van der Waals surface area contributed by atoms with Crippen LogP contribution in [-0.2, 0) is 23.0 Å². The molecule has 27 heavy (non-hydrogen) atoms. The van der Waals surface area contributed by atoms with Crippen molar-refractivity contribution in [3.05, 3.63) is 23.5 Å². The van der Waals surface area contributed by atoms with Crippen LogP contribution in [0.4, 0.5) is 0 Å². The Morgan fingerprint density at radius 3 is 2.93 bits per heavy atom. The average Bonchev–Trinajstić information content (AvgIpc) is 3.04. The fourth-order valence-corrected chi connectivity index (χ4v) is 3.47. The lowest BCUT2D eigenvalue weighted by molar-refractivity contribution is -0.147. The number of rotatable bonds is 5. The summed E-state index contributed by atoms with van der Waals surface area (Å²) < 4.78 is 12.6. The highest BCUT2D eigenvalue weighted by Crippen LogP contribution is 2.30. The fraction of sp³-hybridized carbons (Fsp3) is 0.526. The van der Waals surface area contributed by atoms with E-state index in [2.05, 4.69) is 21.4 Å². The molecule has 2 aromatic rings. The summed E-state index contributed by atoms with van der Waals surface area (Å²) in [5.74, 6) is 0.426. The number of hydrogen-bond acceptors (Lipinski definition) is 7. The molecule has 142 valence electrons. The number of carbonyl (C=O) groups excluding carboxylic acids is 1. The summed E-state index contributed by atoms with van der Waals surface area (Å²) in [5, 5.41) is 17.1. The lowest BCUT2D eigenvalue weighted by atomic mass is 9.87. The summed E-state index contributed by atoms with van der Waals surface area (Å²) in [6.07, 6.45) is 3.54. The summed E-state index contributed by atoms with van der Waals surface area (Å²) in [7, 11) is 3.18. The molecule has 3 rings (SSSR count). The Bertz CT molecular complexity index is 871. The lowest BCUT2D eigenvalue weighted by Crippen LogP contribution is -2.30. The minimum Gasteiger partial charge on any atom is -0.489 e. The minimum atomic E-state index is -0.166. The van der Waals surface area contributed by atoms with Gasteiger partial charge in [-0.15, -0.1) is 5.10 Å². The molecule has 0 N–H and O–H groups in total. The summed E-state index contributed by atoms with van der Waals surface area (Å²) in [5.41, 5.74) is 2.74. The maximum Gasteiger partial charge on any atom is 0.308 e. The second-order valence-corrected chi connectivity index (χ2v) is 6.75. The van der Waals surface area contributed by atoms with E-state index in [1.54, 1.807) is 11.7 Å². The van der Waals surface area contributed by atoms with Crippen LogP contribution < -0.4 is 4.74 Å². The molecular weight excluding hydrogens is 346 g/mol. The number of nitrogens with zero attached hydrogens (tertiary/aromatic N) is 5. The first-order valence-corrected chi connectivity index (χ1v) is 9.01. The van der Waals surface area contributed by atoms with Gasteiger partial charge >= 0.3 is 5.97 Å². The summed E-state index contributed by atoms with van der Waals surface area (Å²) in [4.78, 5) is 16.4. The molecular formula is C19H23N5O3. The van der Waals surface area contributed by atoms with E-state index >= 15 is 0 Å². The average molecular weight is 369 g/mol. The van der Waals surface area contributed by atoms with Crippen molar-refractivity contribution < 1.29 is 14.3 Å². The molecule has 0 amide bonds. The van der Waals surface area contributed by atoms with Gasteiger partial charge in [0.2, 0.25) is 0 Å². The van der Waals surface area contributed by atoms with Gasteiger partial charge in [0.1, 0.15) is 11.4 Å². The number of methoxy groups -OCH3 is 1. The maximum atomic E-state index is 11.8. The van der Waals surface area contributed by atoms with Crippen LogP contribution in [0.1, 0.15) is 37.1 Å². The Morgan fingerprint density at radius 2 is 2.22 bits per heavy atom. The Hall–Kier alpha value is -2.95. The van der Waals surface area contributed by atoms with Gasteiger partial charge in [-0.2, -0.15) is 5.26 Å². The second-order valence-electron chi connectivity index (χ2n) is 6.75. The maximum absolute atomic E-state index is 11.8. The van der Waals surface area contributed by atoms with Crippen LogP contribution >= 0.6 is 0 Å². The number of ether oxygens (including phenoxy) is 2. The Kier molecular flexibility index (Phi) is 5.69. The van der Waals surface area contributed by atoms with Crippen LogP contribution in [0, 0.1) is 24.2 Å². The topological polar surface area (TPSA) is 103 Å². The molecule has 1 saturated carbocycles. The summed E-state index contributed by atoms with van der Waals surface area (Å²) >= 11 is 0. The number of aromatic nitrogens is 4. The molecule has 0 aliphatic heterocycles.